The Balaban J connectivity index is 1.55. The van der Waals surface area contributed by atoms with E-state index in [0.29, 0.717) is 5.75 Å². The molecular formula is C24H19Cl2F3N2O2. The summed E-state index contributed by atoms with van der Waals surface area (Å²) in [6.45, 7) is -0.232. The molecule has 0 bridgehead atoms. The highest BCUT2D eigenvalue weighted by Gasteiger charge is 2.44. The second-order valence-corrected chi connectivity index (χ2v) is 8.15. The molecule has 0 fully saturated rings. The van der Waals surface area contributed by atoms with Crippen LogP contribution in [0.4, 0.5) is 18.9 Å². The van der Waals surface area contributed by atoms with Crippen LogP contribution in [-0.2, 0) is 6.61 Å². The van der Waals surface area contributed by atoms with Gasteiger partial charge in [0.25, 0.3) is 0 Å². The summed E-state index contributed by atoms with van der Waals surface area (Å²) in [5.74, 6) is 0.474. The average Bonchev–Trinajstić information content (AvgIpc) is 3.22. The van der Waals surface area contributed by atoms with Crippen LogP contribution in [0.25, 0.3) is 11.1 Å². The number of nitrogens with one attached hydrogen (secondary N) is 1. The zero-order valence-corrected chi connectivity index (χ0v) is 18.6. The number of aliphatic hydroxyl groups excluding tert-OH is 1. The third kappa shape index (κ3) is 5.12. The molecular weight excluding hydrogens is 476 g/mol. The quantitative estimate of drug-likeness (QED) is 0.417. The first-order valence-electron chi connectivity index (χ1n) is 9.97. The first-order valence-corrected chi connectivity index (χ1v) is 10.7. The number of anilines is 1. The van der Waals surface area contributed by atoms with E-state index >= 15 is 0 Å². The average molecular weight is 495 g/mol. The van der Waals surface area contributed by atoms with E-state index in [1.165, 1.54) is 5.01 Å². The van der Waals surface area contributed by atoms with Crippen LogP contribution in [0.2, 0.25) is 10.0 Å². The second kappa shape index (κ2) is 9.65. The predicted octanol–water partition coefficient (Wildman–Crippen LogP) is 6.37. The first-order chi connectivity index (χ1) is 15.8. The van der Waals surface area contributed by atoms with E-state index in [4.69, 9.17) is 27.9 Å². The van der Waals surface area contributed by atoms with Gasteiger partial charge in [0.15, 0.2) is 0 Å². The monoisotopic (exact) mass is 494 g/mol. The summed E-state index contributed by atoms with van der Waals surface area (Å²) in [7, 11) is 0. The maximum Gasteiger partial charge on any atom is 0.409 e. The number of nitrogens with zero attached hydrogens (tertiary/aromatic N) is 1. The fourth-order valence-corrected chi connectivity index (χ4v) is 4.11. The van der Waals surface area contributed by atoms with Gasteiger partial charge in [-0.1, -0.05) is 65.7 Å². The standard InChI is InChI=1S/C24H19Cl2F3N2O2/c25-20-6-3-7-21(26)23(20)31-17(12-22(30-31)24(27,28)29)14-33-18-10-8-15(9-11-18)19-5-2-1-4-16(19)13-32/h1-12,22,30,32H,13-14H2. The Morgan fingerprint density at radius 1 is 0.939 bits per heavy atom. The van der Waals surface area contributed by atoms with Gasteiger partial charge in [0.05, 0.1) is 28.0 Å². The van der Waals surface area contributed by atoms with Crippen LogP contribution in [0.5, 0.6) is 5.75 Å². The van der Waals surface area contributed by atoms with Gasteiger partial charge in [-0.25, -0.2) is 5.43 Å². The van der Waals surface area contributed by atoms with E-state index in [2.05, 4.69) is 5.43 Å². The Labute approximate surface area is 198 Å². The van der Waals surface area contributed by atoms with E-state index in [0.717, 1.165) is 22.8 Å². The zero-order valence-electron chi connectivity index (χ0n) is 17.1. The summed E-state index contributed by atoms with van der Waals surface area (Å²) in [5.41, 5.74) is 5.41. The van der Waals surface area contributed by atoms with Gasteiger partial charge in [-0.3, -0.25) is 5.01 Å². The summed E-state index contributed by atoms with van der Waals surface area (Å²) in [4.78, 5) is 0. The molecule has 3 aromatic carbocycles. The molecule has 1 aliphatic heterocycles. The molecule has 0 amide bonds. The van der Waals surface area contributed by atoms with Gasteiger partial charge in [-0.05, 0) is 47.0 Å². The second-order valence-electron chi connectivity index (χ2n) is 7.34. The maximum atomic E-state index is 13.4. The van der Waals surface area contributed by atoms with Crippen molar-refractivity contribution in [3.63, 3.8) is 0 Å². The molecule has 0 aliphatic carbocycles. The highest BCUT2D eigenvalue weighted by Crippen LogP contribution is 2.38. The zero-order chi connectivity index (χ0) is 23.6. The Morgan fingerprint density at radius 3 is 2.24 bits per heavy atom. The number of para-hydroxylation sites is 1. The first kappa shape index (κ1) is 23.4. The molecule has 3 aromatic rings. The molecule has 0 saturated heterocycles. The largest absolute Gasteiger partial charge is 0.487 e. The third-order valence-electron chi connectivity index (χ3n) is 5.17. The number of hydrogen-bond donors (Lipinski definition) is 2. The molecule has 4 nitrogen and oxygen atoms in total. The highest BCUT2D eigenvalue weighted by molar-refractivity contribution is 6.39. The van der Waals surface area contributed by atoms with Gasteiger partial charge in [-0.2, -0.15) is 13.2 Å². The number of alkyl halides is 3. The number of benzene rings is 3. The lowest BCUT2D eigenvalue weighted by Crippen LogP contribution is -2.45. The van der Waals surface area contributed by atoms with Crippen LogP contribution in [0, 0.1) is 0 Å². The van der Waals surface area contributed by atoms with Crippen molar-refractivity contribution in [2.24, 2.45) is 0 Å². The predicted molar refractivity (Wildman–Crippen MR) is 123 cm³/mol. The molecule has 1 aliphatic rings. The Bertz CT molecular complexity index is 1150. The van der Waals surface area contributed by atoms with E-state index in [9.17, 15) is 18.3 Å². The molecule has 33 heavy (non-hydrogen) atoms. The van der Waals surface area contributed by atoms with E-state index in [-0.39, 0.29) is 34.6 Å². The van der Waals surface area contributed by atoms with Crippen molar-refractivity contribution < 1.29 is 23.0 Å². The summed E-state index contributed by atoms with van der Waals surface area (Å²) in [6, 6.07) is 17.4. The van der Waals surface area contributed by atoms with Gasteiger partial charge in [0.1, 0.15) is 18.4 Å². The molecule has 172 valence electrons. The number of hydrazine groups is 1. The molecule has 0 aromatic heterocycles. The number of halogens is 5. The van der Waals surface area contributed by atoms with Crippen molar-refractivity contribution in [2.75, 3.05) is 11.6 Å². The molecule has 2 N–H and O–H groups in total. The minimum atomic E-state index is -4.50. The molecule has 0 saturated carbocycles. The minimum Gasteiger partial charge on any atom is -0.487 e. The number of hydrogen-bond acceptors (Lipinski definition) is 4. The lowest BCUT2D eigenvalue weighted by atomic mass is 10.0. The van der Waals surface area contributed by atoms with Crippen LogP contribution in [0.3, 0.4) is 0 Å². The third-order valence-corrected chi connectivity index (χ3v) is 5.78. The van der Waals surface area contributed by atoms with Crippen LogP contribution in [-0.4, -0.2) is 23.9 Å². The van der Waals surface area contributed by atoms with Gasteiger partial charge in [0, 0.05) is 0 Å². The minimum absolute atomic E-state index is 0.0869. The van der Waals surface area contributed by atoms with Gasteiger partial charge < -0.3 is 9.84 Å². The van der Waals surface area contributed by atoms with Crippen molar-refractivity contribution in [1.82, 2.24) is 5.43 Å². The fourth-order valence-electron chi connectivity index (χ4n) is 3.55. The molecule has 0 radical (unpaired) electrons. The van der Waals surface area contributed by atoms with Crippen molar-refractivity contribution >= 4 is 28.9 Å². The molecule has 0 spiro atoms. The molecule has 9 heteroatoms. The lowest BCUT2D eigenvalue weighted by Gasteiger charge is -2.26. The Hall–Kier alpha value is -2.71. The van der Waals surface area contributed by atoms with Crippen molar-refractivity contribution in [3.8, 4) is 16.9 Å². The SMILES string of the molecule is OCc1ccccc1-c1ccc(OCC2=CC(C(F)(F)F)NN2c2c(Cl)cccc2Cl)cc1. The maximum absolute atomic E-state index is 13.4. The van der Waals surface area contributed by atoms with Crippen LogP contribution < -0.4 is 15.2 Å². The Kier molecular flexibility index (Phi) is 6.86. The number of ether oxygens (including phenoxy) is 1. The summed E-state index contributed by atoms with van der Waals surface area (Å²) < 4.78 is 46.0. The molecule has 4 rings (SSSR count). The molecule has 1 atom stereocenters. The van der Waals surface area contributed by atoms with Gasteiger partial charge in [-0.15, -0.1) is 0 Å². The topological polar surface area (TPSA) is 44.7 Å². The molecule has 1 heterocycles. The Morgan fingerprint density at radius 2 is 1.61 bits per heavy atom. The normalized spacial score (nSPS) is 16.1. The number of rotatable bonds is 6. The molecule has 1 unspecified atom stereocenters. The summed E-state index contributed by atoms with van der Waals surface area (Å²) in [6.07, 6.45) is -3.46. The van der Waals surface area contributed by atoms with Crippen LogP contribution >= 0.6 is 23.2 Å². The highest BCUT2D eigenvalue weighted by atomic mass is 35.5. The van der Waals surface area contributed by atoms with Crippen molar-refractivity contribution in [1.29, 1.82) is 0 Å². The van der Waals surface area contributed by atoms with E-state index < -0.39 is 12.2 Å². The summed E-state index contributed by atoms with van der Waals surface area (Å²) >= 11 is 12.4. The van der Waals surface area contributed by atoms with Crippen LogP contribution in [0.1, 0.15) is 5.56 Å². The van der Waals surface area contributed by atoms with Crippen LogP contribution in [0.15, 0.2) is 78.5 Å². The smallest absolute Gasteiger partial charge is 0.409 e. The van der Waals surface area contributed by atoms with E-state index in [1.807, 2.05) is 36.4 Å². The van der Waals surface area contributed by atoms with E-state index in [1.54, 1.807) is 30.3 Å². The summed E-state index contributed by atoms with van der Waals surface area (Å²) in [5, 5.41) is 11.2. The fraction of sp³-hybridized carbons (Fsp3) is 0.167. The van der Waals surface area contributed by atoms with Crippen molar-refractivity contribution in [2.45, 2.75) is 18.8 Å². The van der Waals surface area contributed by atoms with Gasteiger partial charge >= 0.3 is 6.18 Å². The van der Waals surface area contributed by atoms with Gasteiger partial charge in [0.2, 0.25) is 0 Å². The lowest BCUT2D eigenvalue weighted by molar-refractivity contribution is -0.142. The van der Waals surface area contributed by atoms with Crippen molar-refractivity contribution in [3.05, 3.63) is 94.1 Å². The number of aliphatic hydroxyl groups is 1.